The van der Waals surface area contributed by atoms with Crippen molar-refractivity contribution in [3.63, 3.8) is 0 Å². The number of rotatable bonds is 1. The largest absolute Gasteiger partial charge is 0.494 e. The van der Waals surface area contributed by atoms with E-state index in [0.29, 0.717) is 64.7 Å². The number of allylic oxidation sites excluding steroid dienone is 1. The second kappa shape index (κ2) is 11.0. The Bertz CT molecular complexity index is 1220. The fourth-order valence-corrected chi connectivity index (χ4v) is 3.81. The standard InChI is InChI=1S/C24H24ClN5O4/c1-33-20-9-7-18(25)17-13-27-22(32)4-2-10-26-21(31)5-3-11-34-15-6-8-19-16(12-15)24(29-14-28-19)30-23(17)20/h2,4,6-8,12-14,20H,3,5,9-11H2,1H3,(H,26,31)(H,27,32). The lowest BCUT2D eigenvalue weighted by molar-refractivity contribution is -0.121. The van der Waals surface area contributed by atoms with Crippen LogP contribution in [0.3, 0.4) is 0 Å². The van der Waals surface area contributed by atoms with Crippen molar-refractivity contribution < 1.29 is 19.1 Å². The fraction of sp³-hybridized carbons (Fsp3) is 0.292. The number of aromatic nitrogens is 2. The van der Waals surface area contributed by atoms with Gasteiger partial charge in [-0.05, 0) is 31.0 Å². The highest BCUT2D eigenvalue weighted by molar-refractivity contribution is 6.37. The number of aliphatic imine (C=N–C) groups is 1. The maximum absolute atomic E-state index is 12.3. The Kier molecular flexibility index (Phi) is 7.66. The Balaban J connectivity index is 1.80. The molecule has 2 amide bonds. The average molecular weight is 482 g/mol. The average Bonchev–Trinajstić information content (AvgIpc) is 2.84. The van der Waals surface area contributed by atoms with Crippen LogP contribution < -0.4 is 15.4 Å². The van der Waals surface area contributed by atoms with E-state index >= 15 is 0 Å². The summed E-state index contributed by atoms with van der Waals surface area (Å²) < 4.78 is 11.5. The second-order valence-corrected chi connectivity index (χ2v) is 8.02. The molecule has 1 unspecified atom stereocenters. The van der Waals surface area contributed by atoms with Crippen molar-refractivity contribution in [2.24, 2.45) is 4.99 Å². The van der Waals surface area contributed by atoms with E-state index in [1.165, 1.54) is 18.6 Å². The molecule has 2 bridgehead atoms. The third-order valence-electron chi connectivity index (χ3n) is 5.31. The molecule has 2 aromatic rings. The quantitative estimate of drug-likeness (QED) is 0.646. The predicted molar refractivity (Wildman–Crippen MR) is 129 cm³/mol. The van der Waals surface area contributed by atoms with Crippen LogP contribution in [-0.4, -0.2) is 53.9 Å². The highest BCUT2D eigenvalue weighted by Crippen LogP contribution is 2.31. The maximum Gasteiger partial charge on any atom is 0.247 e. The summed E-state index contributed by atoms with van der Waals surface area (Å²) in [6.45, 7) is 0.612. The molecule has 1 aliphatic heterocycles. The zero-order valence-corrected chi connectivity index (χ0v) is 19.3. The van der Waals surface area contributed by atoms with Crippen molar-refractivity contribution in [2.75, 3.05) is 20.3 Å². The molecule has 2 heterocycles. The smallest absolute Gasteiger partial charge is 0.247 e. The first-order chi connectivity index (χ1) is 16.5. The number of carbonyl (C=O) groups is 2. The van der Waals surface area contributed by atoms with Crippen molar-refractivity contribution in [3.05, 3.63) is 59.6 Å². The molecule has 4 rings (SSSR count). The van der Waals surface area contributed by atoms with E-state index in [2.05, 4.69) is 20.6 Å². The summed E-state index contributed by atoms with van der Waals surface area (Å²) in [5.74, 6) is 0.561. The van der Waals surface area contributed by atoms with Gasteiger partial charge in [-0.15, -0.1) is 0 Å². The fourth-order valence-electron chi connectivity index (χ4n) is 3.57. The highest BCUT2D eigenvalue weighted by atomic mass is 35.5. The number of hydrogen-bond donors (Lipinski definition) is 2. The summed E-state index contributed by atoms with van der Waals surface area (Å²) in [7, 11) is 1.59. The van der Waals surface area contributed by atoms with E-state index in [0.717, 1.165) is 0 Å². The third-order valence-corrected chi connectivity index (χ3v) is 5.67. The van der Waals surface area contributed by atoms with Crippen LogP contribution in [0, 0.1) is 0 Å². The number of ether oxygens (including phenoxy) is 2. The SMILES string of the molecule is COC1CC=C(Cl)C2=CNC(=O)C=CCNC(=O)CCCOc3ccc4ncnc(c4c3)N=C21. The van der Waals surface area contributed by atoms with Crippen LogP contribution >= 0.6 is 11.6 Å². The number of nitrogens with one attached hydrogen (secondary N) is 2. The van der Waals surface area contributed by atoms with Crippen molar-refractivity contribution in [2.45, 2.75) is 25.4 Å². The molecule has 1 aromatic carbocycles. The summed E-state index contributed by atoms with van der Waals surface area (Å²) in [5.41, 5.74) is 1.75. The van der Waals surface area contributed by atoms with Crippen molar-refractivity contribution >= 4 is 45.8 Å². The first-order valence-corrected chi connectivity index (χ1v) is 11.2. The molecular formula is C24H24ClN5O4. The van der Waals surface area contributed by atoms with Gasteiger partial charge in [0.25, 0.3) is 0 Å². The summed E-state index contributed by atoms with van der Waals surface area (Å²) in [5, 5.41) is 6.57. The Morgan fingerprint density at radius 2 is 2.12 bits per heavy atom. The Morgan fingerprint density at radius 1 is 1.24 bits per heavy atom. The summed E-state index contributed by atoms with van der Waals surface area (Å²) in [6.07, 6.45) is 8.68. The molecule has 0 saturated heterocycles. The Hall–Kier alpha value is -3.56. The van der Waals surface area contributed by atoms with E-state index in [9.17, 15) is 9.59 Å². The molecule has 10 heteroatoms. The predicted octanol–water partition coefficient (Wildman–Crippen LogP) is 3.09. The minimum Gasteiger partial charge on any atom is -0.494 e. The molecule has 1 aromatic heterocycles. The van der Waals surface area contributed by atoms with Crippen LogP contribution in [0.15, 0.2) is 64.6 Å². The van der Waals surface area contributed by atoms with E-state index in [4.69, 9.17) is 26.1 Å². The van der Waals surface area contributed by atoms with Gasteiger partial charge in [0.2, 0.25) is 11.8 Å². The number of carbonyl (C=O) groups excluding carboxylic acids is 2. The van der Waals surface area contributed by atoms with Gasteiger partial charge in [0.05, 0.1) is 17.8 Å². The van der Waals surface area contributed by atoms with Gasteiger partial charge in [-0.25, -0.2) is 15.0 Å². The molecule has 1 atom stereocenters. The first-order valence-electron chi connectivity index (χ1n) is 10.8. The van der Waals surface area contributed by atoms with Crippen LogP contribution in [0.2, 0.25) is 0 Å². The van der Waals surface area contributed by atoms with Crippen LogP contribution in [0.4, 0.5) is 5.82 Å². The Labute approximate surface area is 201 Å². The minimum absolute atomic E-state index is 0.120. The van der Waals surface area contributed by atoms with E-state index in [-0.39, 0.29) is 24.5 Å². The van der Waals surface area contributed by atoms with E-state index < -0.39 is 0 Å². The van der Waals surface area contributed by atoms with Crippen molar-refractivity contribution in [3.8, 4) is 5.75 Å². The maximum atomic E-state index is 12.3. The van der Waals surface area contributed by atoms with Gasteiger partial charge in [0.15, 0.2) is 5.82 Å². The molecular weight excluding hydrogens is 458 g/mol. The number of fused-ring (bicyclic) bond motifs is 2. The number of methoxy groups -OCH3 is 1. The van der Waals surface area contributed by atoms with Gasteiger partial charge in [-0.1, -0.05) is 23.8 Å². The van der Waals surface area contributed by atoms with Crippen molar-refractivity contribution in [1.29, 1.82) is 0 Å². The third kappa shape index (κ3) is 5.67. The first kappa shape index (κ1) is 23.6. The molecule has 34 heavy (non-hydrogen) atoms. The van der Waals surface area contributed by atoms with Gasteiger partial charge in [0.1, 0.15) is 18.2 Å². The molecule has 2 aliphatic rings. The lowest BCUT2D eigenvalue weighted by Crippen LogP contribution is -2.29. The lowest BCUT2D eigenvalue weighted by atomic mass is 9.96. The van der Waals surface area contributed by atoms with E-state index in [1.807, 2.05) is 24.3 Å². The van der Waals surface area contributed by atoms with Crippen LogP contribution in [0.25, 0.3) is 10.9 Å². The minimum atomic E-state index is -0.380. The highest BCUT2D eigenvalue weighted by Gasteiger charge is 2.26. The Morgan fingerprint density at radius 3 is 2.97 bits per heavy atom. The van der Waals surface area contributed by atoms with Gasteiger partial charge in [0, 0.05) is 48.3 Å². The number of hydrogen-bond acceptors (Lipinski definition) is 7. The zero-order chi connectivity index (χ0) is 23.9. The van der Waals surface area contributed by atoms with Crippen molar-refractivity contribution in [1.82, 2.24) is 20.6 Å². The monoisotopic (exact) mass is 481 g/mol. The van der Waals surface area contributed by atoms with E-state index in [1.54, 1.807) is 13.2 Å². The van der Waals surface area contributed by atoms with Crippen LogP contribution in [0.5, 0.6) is 5.75 Å². The number of nitrogens with zero attached hydrogens (tertiary/aromatic N) is 3. The molecule has 2 N–H and O–H groups in total. The van der Waals surface area contributed by atoms with Gasteiger partial charge >= 0.3 is 0 Å². The molecule has 0 fully saturated rings. The lowest BCUT2D eigenvalue weighted by Gasteiger charge is -2.23. The van der Waals surface area contributed by atoms with Crippen LogP contribution in [0.1, 0.15) is 19.3 Å². The molecule has 176 valence electrons. The molecule has 9 nitrogen and oxygen atoms in total. The zero-order valence-electron chi connectivity index (χ0n) is 18.6. The number of amides is 2. The topological polar surface area (TPSA) is 115 Å². The second-order valence-electron chi connectivity index (χ2n) is 7.61. The molecule has 0 spiro atoms. The van der Waals surface area contributed by atoms with Crippen LogP contribution in [-0.2, 0) is 14.3 Å². The molecule has 1 aliphatic carbocycles. The normalized spacial score (nSPS) is 19.9. The van der Waals surface area contributed by atoms with Gasteiger partial charge < -0.3 is 20.1 Å². The number of benzene rings is 1. The molecule has 0 radical (unpaired) electrons. The van der Waals surface area contributed by atoms with Gasteiger partial charge in [-0.2, -0.15) is 0 Å². The molecule has 0 saturated carbocycles. The summed E-state index contributed by atoms with van der Waals surface area (Å²) in [4.78, 5) is 37.7. The summed E-state index contributed by atoms with van der Waals surface area (Å²) >= 11 is 6.49. The van der Waals surface area contributed by atoms with Gasteiger partial charge in [-0.3, -0.25) is 9.59 Å². The number of halogens is 1. The summed E-state index contributed by atoms with van der Waals surface area (Å²) in [6, 6.07) is 5.47.